The summed E-state index contributed by atoms with van der Waals surface area (Å²) in [6.07, 6.45) is 0. The highest BCUT2D eigenvalue weighted by atomic mass is 35.5. The van der Waals surface area contributed by atoms with Crippen molar-refractivity contribution in [2.45, 2.75) is 19.0 Å². The number of rotatable bonds is 3. The largest absolute Gasteiger partial charge is 0.454 e. The summed E-state index contributed by atoms with van der Waals surface area (Å²) in [5.74, 6) is 0.846. The van der Waals surface area contributed by atoms with Crippen molar-refractivity contribution in [1.29, 1.82) is 0 Å². The second-order valence-electron chi connectivity index (χ2n) is 6.11. The van der Waals surface area contributed by atoms with Gasteiger partial charge in [-0.1, -0.05) is 35.9 Å². The van der Waals surface area contributed by atoms with Crippen molar-refractivity contribution in [3.05, 3.63) is 58.6 Å². The second-order valence-corrected chi connectivity index (χ2v) is 6.51. The van der Waals surface area contributed by atoms with E-state index in [4.69, 9.17) is 21.1 Å². The molecule has 1 N–H and O–H groups in total. The van der Waals surface area contributed by atoms with Gasteiger partial charge in [0.1, 0.15) is 5.54 Å². The van der Waals surface area contributed by atoms with Crippen molar-refractivity contribution in [2.24, 2.45) is 0 Å². The highest BCUT2D eigenvalue weighted by molar-refractivity contribution is 6.31. The number of fused-ring (bicyclic) bond motifs is 1. The van der Waals surface area contributed by atoms with Crippen LogP contribution in [0.4, 0.5) is 4.79 Å². The first-order chi connectivity index (χ1) is 12.0. The lowest BCUT2D eigenvalue weighted by molar-refractivity contribution is -0.131. The van der Waals surface area contributed by atoms with Crippen molar-refractivity contribution in [1.82, 2.24) is 10.2 Å². The Morgan fingerprint density at radius 1 is 1.16 bits per heavy atom. The molecular formula is C18H15ClN2O4. The molecule has 0 aromatic heterocycles. The van der Waals surface area contributed by atoms with E-state index in [9.17, 15) is 9.59 Å². The maximum atomic E-state index is 13.0. The number of hydrogen-bond acceptors (Lipinski definition) is 4. The van der Waals surface area contributed by atoms with Gasteiger partial charge >= 0.3 is 6.03 Å². The third-order valence-corrected chi connectivity index (χ3v) is 4.88. The molecule has 0 bridgehead atoms. The molecule has 4 rings (SSSR count). The molecule has 1 saturated heterocycles. The summed E-state index contributed by atoms with van der Waals surface area (Å²) in [6.45, 7) is 1.94. The normalized spacial score (nSPS) is 21.6. The van der Waals surface area contributed by atoms with E-state index in [1.54, 1.807) is 43.3 Å². The summed E-state index contributed by atoms with van der Waals surface area (Å²) in [5.41, 5.74) is 0.179. The molecular weight excluding hydrogens is 344 g/mol. The molecule has 0 radical (unpaired) electrons. The monoisotopic (exact) mass is 358 g/mol. The maximum Gasteiger partial charge on any atom is 0.325 e. The number of amides is 3. The van der Waals surface area contributed by atoms with Crippen LogP contribution >= 0.6 is 11.6 Å². The molecule has 25 heavy (non-hydrogen) atoms. The van der Waals surface area contributed by atoms with Crippen LogP contribution in [-0.2, 0) is 16.9 Å². The third-order valence-electron chi connectivity index (χ3n) is 4.51. The lowest BCUT2D eigenvalue weighted by Gasteiger charge is -2.22. The Morgan fingerprint density at radius 2 is 1.92 bits per heavy atom. The molecule has 7 heteroatoms. The Balaban J connectivity index is 1.65. The van der Waals surface area contributed by atoms with Gasteiger partial charge in [0.25, 0.3) is 5.91 Å². The van der Waals surface area contributed by atoms with Gasteiger partial charge in [0, 0.05) is 5.02 Å². The fraction of sp³-hybridized carbons (Fsp3) is 0.222. The van der Waals surface area contributed by atoms with Crippen LogP contribution in [0.25, 0.3) is 0 Å². The highest BCUT2D eigenvalue weighted by Gasteiger charge is 2.49. The van der Waals surface area contributed by atoms with Crippen LogP contribution in [0.1, 0.15) is 18.1 Å². The molecule has 2 aliphatic heterocycles. The third kappa shape index (κ3) is 2.49. The Labute approximate surface area is 149 Å². The zero-order chi connectivity index (χ0) is 17.6. The van der Waals surface area contributed by atoms with Crippen LogP contribution in [0, 0.1) is 0 Å². The molecule has 2 heterocycles. The minimum Gasteiger partial charge on any atom is -0.454 e. The van der Waals surface area contributed by atoms with E-state index < -0.39 is 11.6 Å². The number of carbonyl (C=O) groups excluding carboxylic acids is 2. The van der Waals surface area contributed by atoms with E-state index in [2.05, 4.69) is 5.32 Å². The maximum absolute atomic E-state index is 13.0. The number of halogens is 1. The van der Waals surface area contributed by atoms with Crippen LogP contribution in [-0.4, -0.2) is 23.6 Å². The van der Waals surface area contributed by atoms with Crippen molar-refractivity contribution in [3.63, 3.8) is 0 Å². The van der Waals surface area contributed by atoms with Crippen molar-refractivity contribution < 1.29 is 19.1 Å². The first-order valence-corrected chi connectivity index (χ1v) is 8.14. The zero-order valence-corrected chi connectivity index (χ0v) is 14.2. The average molecular weight is 359 g/mol. The van der Waals surface area contributed by atoms with Crippen molar-refractivity contribution in [3.8, 4) is 11.5 Å². The molecule has 0 aliphatic carbocycles. The Bertz CT molecular complexity index is 885. The molecule has 0 saturated carbocycles. The number of ether oxygens (including phenoxy) is 2. The fourth-order valence-electron chi connectivity index (χ4n) is 3.04. The van der Waals surface area contributed by atoms with Gasteiger partial charge in [0.15, 0.2) is 11.5 Å². The molecule has 6 nitrogen and oxygen atoms in total. The lowest BCUT2D eigenvalue weighted by Crippen LogP contribution is -2.40. The summed E-state index contributed by atoms with van der Waals surface area (Å²) in [6, 6.07) is 11.9. The zero-order valence-electron chi connectivity index (χ0n) is 13.4. The van der Waals surface area contributed by atoms with Crippen LogP contribution in [0.15, 0.2) is 42.5 Å². The number of carbonyl (C=O) groups is 2. The number of nitrogens with zero attached hydrogens (tertiary/aromatic N) is 1. The van der Waals surface area contributed by atoms with E-state index in [1.165, 1.54) is 4.90 Å². The van der Waals surface area contributed by atoms with E-state index in [-0.39, 0.29) is 19.2 Å². The van der Waals surface area contributed by atoms with Gasteiger partial charge in [0.05, 0.1) is 6.54 Å². The van der Waals surface area contributed by atoms with Crippen LogP contribution in [0.3, 0.4) is 0 Å². The predicted octanol–water partition coefficient (Wildman–Crippen LogP) is 3.04. The van der Waals surface area contributed by atoms with Crippen LogP contribution in [0.2, 0.25) is 5.02 Å². The Kier molecular flexibility index (Phi) is 3.58. The summed E-state index contributed by atoms with van der Waals surface area (Å²) in [5, 5.41) is 3.29. The Morgan fingerprint density at radius 3 is 2.72 bits per heavy atom. The van der Waals surface area contributed by atoms with Crippen molar-refractivity contribution in [2.75, 3.05) is 6.79 Å². The van der Waals surface area contributed by atoms with Crippen LogP contribution < -0.4 is 14.8 Å². The summed E-state index contributed by atoms with van der Waals surface area (Å²) < 4.78 is 10.7. The smallest absolute Gasteiger partial charge is 0.325 e. The molecule has 1 atom stereocenters. The van der Waals surface area contributed by atoms with E-state index in [1.807, 2.05) is 6.07 Å². The minimum atomic E-state index is -1.17. The number of imide groups is 1. The van der Waals surface area contributed by atoms with Gasteiger partial charge in [-0.15, -0.1) is 0 Å². The molecule has 2 aromatic carbocycles. The van der Waals surface area contributed by atoms with Crippen LogP contribution in [0.5, 0.6) is 11.5 Å². The SMILES string of the molecule is C[C@@]1(c2ccc3c(c2)OCO3)NC(=O)N(Cc2ccccc2Cl)C1=O. The molecule has 0 spiro atoms. The predicted molar refractivity (Wildman–Crippen MR) is 90.5 cm³/mol. The molecule has 3 amide bonds. The summed E-state index contributed by atoms with van der Waals surface area (Å²) in [7, 11) is 0. The first-order valence-electron chi connectivity index (χ1n) is 7.77. The summed E-state index contributed by atoms with van der Waals surface area (Å²) >= 11 is 6.15. The van der Waals surface area contributed by atoms with Gasteiger partial charge in [-0.2, -0.15) is 0 Å². The first kappa shape index (κ1) is 15.8. The molecule has 1 fully saturated rings. The summed E-state index contributed by atoms with van der Waals surface area (Å²) in [4.78, 5) is 26.6. The molecule has 128 valence electrons. The topological polar surface area (TPSA) is 67.9 Å². The van der Waals surface area contributed by atoms with E-state index >= 15 is 0 Å². The van der Waals surface area contributed by atoms with Gasteiger partial charge in [-0.25, -0.2) is 4.79 Å². The lowest BCUT2D eigenvalue weighted by atomic mass is 9.91. The highest BCUT2D eigenvalue weighted by Crippen LogP contribution is 2.38. The number of nitrogens with one attached hydrogen (secondary N) is 1. The second kappa shape index (κ2) is 5.67. The number of benzene rings is 2. The van der Waals surface area contributed by atoms with E-state index in [0.717, 1.165) is 0 Å². The fourth-order valence-corrected chi connectivity index (χ4v) is 3.24. The number of urea groups is 1. The average Bonchev–Trinajstić information content (AvgIpc) is 3.15. The molecule has 2 aliphatic rings. The van der Waals surface area contributed by atoms with Gasteiger partial charge in [-0.05, 0) is 36.2 Å². The molecule has 0 unspecified atom stereocenters. The molecule has 2 aromatic rings. The van der Waals surface area contributed by atoms with Crippen molar-refractivity contribution >= 4 is 23.5 Å². The Hall–Kier alpha value is -2.73. The standard InChI is InChI=1S/C18H15ClN2O4/c1-18(12-6-7-14-15(8-12)25-10-24-14)16(22)21(17(23)20-18)9-11-4-2-3-5-13(11)19/h2-8H,9-10H2,1H3,(H,20,23)/t18-/m0/s1. The quantitative estimate of drug-likeness (QED) is 0.856. The van der Waals surface area contributed by atoms with E-state index in [0.29, 0.717) is 27.6 Å². The van der Waals surface area contributed by atoms with Gasteiger partial charge < -0.3 is 14.8 Å². The van der Waals surface area contributed by atoms with Gasteiger partial charge in [-0.3, -0.25) is 9.69 Å². The number of hydrogen-bond donors (Lipinski definition) is 1. The minimum absolute atomic E-state index is 0.116. The van der Waals surface area contributed by atoms with Gasteiger partial charge in [0.2, 0.25) is 6.79 Å².